The summed E-state index contributed by atoms with van der Waals surface area (Å²) in [7, 11) is 1.56. The summed E-state index contributed by atoms with van der Waals surface area (Å²) in [6.07, 6.45) is 1.39. The molecule has 0 radical (unpaired) electrons. The number of aryl methyl sites for hydroxylation is 1. The van der Waals surface area contributed by atoms with E-state index in [4.69, 9.17) is 11.6 Å². The number of nitrogens with one attached hydrogen (secondary N) is 1. The maximum atomic E-state index is 14.0. The van der Waals surface area contributed by atoms with Crippen LogP contribution in [0.2, 0.25) is 5.02 Å². The van der Waals surface area contributed by atoms with Crippen LogP contribution in [0, 0.1) is 17.5 Å². The van der Waals surface area contributed by atoms with E-state index < -0.39 is 23.4 Å². The summed E-state index contributed by atoms with van der Waals surface area (Å²) in [5, 5.41) is 6.48. The number of nitrogens with zero attached hydrogens (tertiary/aromatic N) is 2. The van der Waals surface area contributed by atoms with E-state index in [-0.39, 0.29) is 27.5 Å². The van der Waals surface area contributed by atoms with Gasteiger partial charge in [-0.3, -0.25) is 9.48 Å². The third kappa shape index (κ3) is 3.51. The van der Waals surface area contributed by atoms with Crippen molar-refractivity contribution in [1.82, 2.24) is 9.78 Å². The van der Waals surface area contributed by atoms with E-state index in [1.807, 2.05) is 0 Å². The second-order valence-electron chi connectivity index (χ2n) is 5.27. The van der Waals surface area contributed by atoms with Crippen molar-refractivity contribution in [1.29, 1.82) is 0 Å². The average molecular weight is 366 g/mol. The molecule has 0 saturated carbocycles. The molecule has 0 bridgehead atoms. The van der Waals surface area contributed by atoms with Gasteiger partial charge in [-0.1, -0.05) is 11.6 Å². The van der Waals surface area contributed by atoms with E-state index in [2.05, 4.69) is 10.4 Å². The lowest BCUT2D eigenvalue weighted by Crippen LogP contribution is -2.12. The lowest BCUT2D eigenvalue weighted by Gasteiger charge is -2.07. The fraction of sp³-hybridized carbons (Fsp3) is 0.0588. The highest BCUT2D eigenvalue weighted by atomic mass is 35.5. The predicted octanol–water partition coefficient (Wildman–Crippen LogP) is 4.41. The average Bonchev–Trinajstić information content (AvgIpc) is 2.92. The zero-order valence-corrected chi connectivity index (χ0v) is 13.6. The Morgan fingerprint density at radius 2 is 1.88 bits per heavy atom. The van der Waals surface area contributed by atoms with E-state index in [0.717, 1.165) is 12.1 Å². The molecule has 0 atom stereocenters. The SMILES string of the molecule is Cn1cc(C(=O)Nc2ccc(Cl)c(F)c2)c(-c2ccc(F)cc2F)n1. The Morgan fingerprint density at radius 3 is 2.56 bits per heavy atom. The second-order valence-corrected chi connectivity index (χ2v) is 5.68. The molecule has 3 rings (SSSR count). The zero-order chi connectivity index (χ0) is 18.1. The van der Waals surface area contributed by atoms with E-state index in [1.165, 1.54) is 29.1 Å². The number of amides is 1. The maximum absolute atomic E-state index is 14.0. The van der Waals surface area contributed by atoms with Crippen LogP contribution in [-0.2, 0) is 7.05 Å². The van der Waals surface area contributed by atoms with Gasteiger partial charge in [0.1, 0.15) is 23.1 Å². The molecule has 0 saturated heterocycles. The van der Waals surface area contributed by atoms with Crippen LogP contribution in [0.5, 0.6) is 0 Å². The highest BCUT2D eigenvalue weighted by Gasteiger charge is 2.20. The van der Waals surface area contributed by atoms with Gasteiger partial charge in [-0.15, -0.1) is 0 Å². The van der Waals surface area contributed by atoms with Crippen LogP contribution < -0.4 is 5.32 Å². The monoisotopic (exact) mass is 365 g/mol. The first-order valence-electron chi connectivity index (χ1n) is 7.10. The minimum Gasteiger partial charge on any atom is -0.322 e. The van der Waals surface area contributed by atoms with Crippen molar-refractivity contribution >= 4 is 23.2 Å². The Labute approximate surface area is 145 Å². The van der Waals surface area contributed by atoms with Crippen molar-refractivity contribution in [3.05, 3.63) is 70.6 Å². The van der Waals surface area contributed by atoms with Crippen molar-refractivity contribution in [2.24, 2.45) is 7.05 Å². The van der Waals surface area contributed by atoms with Gasteiger partial charge < -0.3 is 5.32 Å². The summed E-state index contributed by atoms with van der Waals surface area (Å²) in [5.74, 6) is -2.88. The van der Waals surface area contributed by atoms with Gasteiger partial charge in [0.25, 0.3) is 5.91 Å². The van der Waals surface area contributed by atoms with Crippen molar-refractivity contribution in [3.63, 3.8) is 0 Å². The number of benzene rings is 2. The molecule has 25 heavy (non-hydrogen) atoms. The van der Waals surface area contributed by atoms with Crippen LogP contribution in [0.25, 0.3) is 11.3 Å². The molecule has 1 amide bonds. The smallest absolute Gasteiger partial charge is 0.259 e. The standard InChI is InChI=1S/C17H11ClF3N3O/c1-24-8-12(16(23-24)11-4-2-9(19)6-14(11)20)17(25)22-10-3-5-13(18)15(21)7-10/h2-8H,1H3,(H,22,25). The van der Waals surface area contributed by atoms with E-state index in [0.29, 0.717) is 6.07 Å². The van der Waals surface area contributed by atoms with E-state index in [1.54, 1.807) is 7.05 Å². The highest BCUT2D eigenvalue weighted by Crippen LogP contribution is 2.26. The fourth-order valence-electron chi connectivity index (χ4n) is 2.31. The van der Waals surface area contributed by atoms with Gasteiger partial charge in [0.05, 0.1) is 10.6 Å². The lowest BCUT2D eigenvalue weighted by molar-refractivity contribution is 0.102. The topological polar surface area (TPSA) is 46.9 Å². The summed E-state index contributed by atoms with van der Waals surface area (Å²) >= 11 is 5.60. The maximum Gasteiger partial charge on any atom is 0.259 e. The summed E-state index contributed by atoms with van der Waals surface area (Å²) in [5.41, 5.74) is 0.269. The van der Waals surface area contributed by atoms with Gasteiger partial charge in [0.2, 0.25) is 0 Å². The molecule has 0 unspecified atom stereocenters. The molecule has 2 aromatic carbocycles. The Bertz CT molecular complexity index is 972. The highest BCUT2D eigenvalue weighted by molar-refractivity contribution is 6.30. The summed E-state index contributed by atoms with van der Waals surface area (Å²) in [4.78, 5) is 12.5. The molecular formula is C17H11ClF3N3O. The van der Waals surface area contributed by atoms with E-state index >= 15 is 0 Å². The Hall–Kier alpha value is -2.80. The number of anilines is 1. The van der Waals surface area contributed by atoms with Gasteiger partial charge in [-0.2, -0.15) is 5.10 Å². The van der Waals surface area contributed by atoms with Crippen LogP contribution in [0.3, 0.4) is 0 Å². The Balaban J connectivity index is 1.97. The quantitative estimate of drug-likeness (QED) is 0.747. The number of carbonyl (C=O) groups is 1. The third-order valence-corrected chi connectivity index (χ3v) is 3.74. The Morgan fingerprint density at radius 1 is 1.12 bits per heavy atom. The van der Waals surface area contributed by atoms with Crippen molar-refractivity contribution in [2.45, 2.75) is 0 Å². The number of hydrogen-bond acceptors (Lipinski definition) is 2. The van der Waals surface area contributed by atoms with Crippen molar-refractivity contribution in [2.75, 3.05) is 5.32 Å². The molecular weight excluding hydrogens is 355 g/mol. The largest absolute Gasteiger partial charge is 0.322 e. The summed E-state index contributed by atoms with van der Waals surface area (Å²) in [6.45, 7) is 0. The van der Waals surface area contributed by atoms with Gasteiger partial charge in [0, 0.05) is 30.6 Å². The molecule has 1 aromatic heterocycles. The van der Waals surface area contributed by atoms with E-state index in [9.17, 15) is 18.0 Å². The second kappa shape index (κ2) is 6.60. The van der Waals surface area contributed by atoms with Crippen LogP contribution in [-0.4, -0.2) is 15.7 Å². The molecule has 1 heterocycles. The molecule has 128 valence electrons. The molecule has 0 spiro atoms. The molecule has 3 aromatic rings. The number of carbonyl (C=O) groups excluding carboxylic acids is 1. The molecule has 1 N–H and O–H groups in total. The normalized spacial score (nSPS) is 10.8. The molecule has 0 fully saturated rings. The molecule has 0 aliphatic carbocycles. The Kier molecular flexibility index (Phi) is 4.50. The van der Waals surface area contributed by atoms with Crippen LogP contribution in [0.15, 0.2) is 42.6 Å². The van der Waals surface area contributed by atoms with Gasteiger partial charge >= 0.3 is 0 Å². The van der Waals surface area contributed by atoms with Crippen LogP contribution >= 0.6 is 11.6 Å². The zero-order valence-electron chi connectivity index (χ0n) is 12.9. The molecule has 0 aliphatic rings. The van der Waals surface area contributed by atoms with Gasteiger partial charge in [-0.25, -0.2) is 13.2 Å². The third-order valence-electron chi connectivity index (χ3n) is 3.44. The predicted molar refractivity (Wildman–Crippen MR) is 87.9 cm³/mol. The van der Waals surface area contributed by atoms with Gasteiger partial charge in [0.15, 0.2) is 0 Å². The first kappa shape index (κ1) is 17.0. The number of aromatic nitrogens is 2. The van der Waals surface area contributed by atoms with Crippen LogP contribution in [0.4, 0.5) is 18.9 Å². The van der Waals surface area contributed by atoms with Crippen molar-refractivity contribution in [3.8, 4) is 11.3 Å². The van der Waals surface area contributed by atoms with Crippen LogP contribution in [0.1, 0.15) is 10.4 Å². The molecule has 0 aliphatic heterocycles. The summed E-state index contributed by atoms with van der Waals surface area (Å²) < 4.78 is 41.9. The minimum absolute atomic E-state index is 0.0190. The first-order valence-corrected chi connectivity index (χ1v) is 7.48. The summed E-state index contributed by atoms with van der Waals surface area (Å²) in [6, 6.07) is 6.78. The number of rotatable bonds is 3. The first-order chi connectivity index (χ1) is 11.8. The van der Waals surface area contributed by atoms with Crippen molar-refractivity contribution < 1.29 is 18.0 Å². The minimum atomic E-state index is -0.842. The van der Waals surface area contributed by atoms with Gasteiger partial charge in [-0.05, 0) is 30.3 Å². The molecule has 4 nitrogen and oxygen atoms in total. The number of halogens is 4. The lowest BCUT2D eigenvalue weighted by atomic mass is 10.1. The fourth-order valence-corrected chi connectivity index (χ4v) is 2.42. The molecule has 8 heteroatoms. The number of hydrogen-bond donors (Lipinski definition) is 1.